The highest BCUT2D eigenvalue weighted by molar-refractivity contribution is 9.10. The van der Waals surface area contributed by atoms with Crippen LogP contribution in [0.25, 0.3) is 0 Å². The van der Waals surface area contributed by atoms with Crippen molar-refractivity contribution in [3.8, 4) is 5.75 Å². The maximum Gasteiger partial charge on any atom is 0.124 e. The zero-order chi connectivity index (χ0) is 18.0. The molecule has 0 aromatic heterocycles. The first kappa shape index (κ1) is 16.8. The van der Waals surface area contributed by atoms with E-state index in [9.17, 15) is 5.11 Å². The van der Waals surface area contributed by atoms with E-state index in [0.29, 0.717) is 0 Å². The second kappa shape index (κ2) is 5.42. The van der Waals surface area contributed by atoms with E-state index in [1.165, 1.54) is 0 Å². The molecule has 130 valence electrons. The van der Waals surface area contributed by atoms with Gasteiger partial charge in [-0.15, -0.1) is 0 Å². The molecule has 0 amide bonds. The van der Waals surface area contributed by atoms with Crippen LogP contribution >= 0.6 is 15.9 Å². The first-order valence-corrected chi connectivity index (χ1v) is 9.36. The molecule has 2 aromatic rings. The lowest BCUT2D eigenvalue weighted by atomic mass is 9.79. The van der Waals surface area contributed by atoms with Gasteiger partial charge >= 0.3 is 0 Å². The van der Waals surface area contributed by atoms with Crippen LogP contribution in [0.1, 0.15) is 56.1 Å². The van der Waals surface area contributed by atoms with Crippen LogP contribution in [0.15, 0.2) is 45.9 Å². The standard InChI is InChI=1S/C21H22BrNO2/c1-20(2)11-15-16(25-20)9-8-14-17(15)18(23-21(3,4)19(14)24)12-6-5-7-13(22)10-12/h5-10,19,24H,11H2,1-4H3. The number of halogens is 1. The van der Waals surface area contributed by atoms with Gasteiger partial charge in [0.25, 0.3) is 0 Å². The number of ether oxygens (including phenoxy) is 1. The van der Waals surface area contributed by atoms with Gasteiger partial charge in [0.15, 0.2) is 0 Å². The molecule has 2 heterocycles. The van der Waals surface area contributed by atoms with Crippen molar-refractivity contribution in [3.05, 3.63) is 63.1 Å². The van der Waals surface area contributed by atoms with Crippen molar-refractivity contribution in [1.29, 1.82) is 0 Å². The smallest absolute Gasteiger partial charge is 0.124 e. The fourth-order valence-corrected chi connectivity index (χ4v) is 4.21. The molecule has 1 atom stereocenters. The highest BCUT2D eigenvalue weighted by Gasteiger charge is 2.41. The van der Waals surface area contributed by atoms with Crippen LogP contribution in [0.3, 0.4) is 0 Å². The molecule has 25 heavy (non-hydrogen) atoms. The number of fused-ring (bicyclic) bond motifs is 3. The Morgan fingerprint density at radius 2 is 1.92 bits per heavy atom. The first-order valence-electron chi connectivity index (χ1n) is 8.57. The van der Waals surface area contributed by atoms with Crippen LogP contribution in [-0.4, -0.2) is 22.0 Å². The summed E-state index contributed by atoms with van der Waals surface area (Å²) < 4.78 is 7.13. The van der Waals surface area contributed by atoms with Gasteiger partial charge < -0.3 is 9.84 Å². The second-order valence-corrected chi connectivity index (χ2v) is 8.99. The third-order valence-corrected chi connectivity index (χ3v) is 5.48. The maximum atomic E-state index is 10.9. The minimum Gasteiger partial charge on any atom is -0.487 e. The van der Waals surface area contributed by atoms with Gasteiger partial charge in [0.2, 0.25) is 0 Å². The Kier molecular flexibility index (Phi) is 3.64. The summed E-state index contributed by atoms with van der Waals surface area (Å²) in [6, 6.07) is 12.2. The van der Waals surface area contributed by atoms with Crippen molar-refractivity contribution in [1.82, 2.24) is 0 Å². The second-order valence-electron chi connectivity index (χ2n) is 8.07. The number of aliphatic hydroxyl groups excluding tert-OH is 1. The molecule has 0 saturated carbocycles. The first-order chi connectivity index (χ1) is 11.7. The highest BCUT2D eigenvalue weighted by atomic mass is 79.9. The van der Waals surface area contributed by atoms with E-state index in [1.54, 1.807) is 0 Å². The fourth-order valence-electron chi connectivity index (χ4n) is 3.82. The molecule has 1 unspecified atom stereocenters. The summed E-state index contributed by atoms with van der Waals surface area (Å²) >= 11 is 3.56. The summed E-state index contributed by atoms with van der Waals surface area (Å²) in [4.78, 5) is 4.96. The highest BCUT2D eigenvalue weighted by Crippen LogP contribution is 2.45. The molecule has 0 spiro atoms. The number of hydrogen-bond donors (Lipinski definition) is 1. The number of benzene rings is 2. The quantitative estimate of drug-likeness (QED) is 0.746. The molecule has 4 rings (SSSR count). The Bertz CT molecular complexity index is 899. The van der Waals surface area contributed by atoms with Crippen LogP contribution < -0.4 is 4.74 Å². The van der Waals surface area contributed by atoms with E-state index in [2.05, 4.69) is 41.9 Å². The third kappa shape index (κ3) is 2.72. The average Bonchev–Trinajstić information content (AvgIpc) is 2.84. The van der Waals surface area contributed by atoms with Crippen molar-refractivity contribution < 1.29 is 9.84 Å². The predicted molar refractivity (Wildman–Crippen MR) is 104 cm³/mol. The topological polar surface area (TPSA) is 41.8 Å². The minimum absolute atomic E-state index is 0.238. The van der Waals surface area contributed by atoms with Gasteiger partial charge in [0.1, 0.15) is 17.5 Å². The normalized spacial score (nSPS) is 22.6. The molecular formula is C21H22BrNO2. The summed E-state index contributed by atoms with van der Waals surface area (Å²) in [6.07, 6.45) is 0.179. The van der Waals surface area contributed by atoms with Crippen LogP contribution in [0.5, 0.6) is 5.75 Å². The van der Waals surface area contributed by atoms with Gasteiger partial charge in [-0.1, -0.05) is 34.1 Å². The molecule has 2 aliphatic heterocycles. The monoisotopic (exact) mass is 399 g/mol. The van der Waals surface area contributed by atoms with Crippen LogP contribution in [0.4, 0.5) is 0 Å². The lowest BCUT2D eigenvalue weighted by Crippen LogP contribution is -2.35. The summed E-state index contributed by atoms with van der Waals surface area (Å²) in [7, 11) is 0. The molecule has 2 aromatic carbocycles. The van der Waals surface area contributed by atoms with Crippen molar-refractivity contribution in [2.75, 3.05) is 0 Å². The largest absolute Gasteiger partial charge is 0.487 e. The van der Waals surface area contributed by atoms with Gasteiger partial charge in [0, 0.05) is 27.6 Å². The zero-order valence-electron chi connectivity index (χ0n) is 14.9. The Morgan fingerprint density at radius 1 is 1.16 bits per heavy atom. The van der Waals surface area contributed by atoms with Crippen LogP contribution in [-0.2, 0) is 6.42 Å². The van der Waals surface area contributed by atoms with Gasteiger partial charge in [-0.2, -0.15) is 0 Å². The van der Waals surface area contributed by atoms with Gasteiger partial charge in [-0.3, -0.25) is 4.99 Å². The Labute approximate surface area is 156 Å². The van der Waals surface area contributed by atoms with Crippen molar-refractivity contribution in [3.63, 3.8) is 0 Å². The Balaban J connectivity index is 1.99. The van der Waals surface area contributed by atoms with Crippen LogP contribution in [0.2, 0.25) is 0 Å². The van der Waals surface area contributed by atoms with E-state index >= 15 is 0 Å². The maximum absolute atomic E-state index is 10.9. The third-order valence-electron chi connectivity index (χ3n) is 4.99. The van der Waals surface area contributed by atoms with Gasteiger partial charge in [0.05, 0.1) is 11.3 Å². The number of nitrogens with zero attached hydrogens (tertiary/aromatic N) is 1. The lowest BCUT2D eigenvalue weighted by Gasteiger charge is -2.35. The fraction of sp³-hybridized carbons (Fsp3) is 0.381. The summed E-state index contributed by atoms with van der Waals surface area (Å²) in [6.45, 7) is 8.15. The molecule has 1 N–H and O–H groups in total. The van der Waals surface area contributed by atoms with Crippen LogP contribution in [0, 0.1) is 0 Å². The SMILES string of the molecule is CC1(C)Cc2c(ccc3c2C(c2cccc(Br)c2)=NC(C)(C)C3O)O1. The van der Waals surface area contributed by atoms with E-state index in [1.807, 2.05) is 38.1 Å². The summed E-state index contributed by atoms with van der Waals surface area (Å²) in [5, 5.41) is 10.9. The van der Waals surface area contributed by atoms with Gasteiger partial charge in [-0.05, 0) is 51.5 Å². The molecule has 2 aliphatic rings. The Hall–Kier alpha value is -1.65. The number of aliphatic imine (C=N–C) groups is 1. The molecule has 3 nitrogen and oxygen atoms in total. The molecule has 0 aliphatic carbocycles. The average molecular weight is 400 g/mol. The van der Waals surface area contributed by atoms with Crippen molar-refractivity contribution >= 4 is 21.6 Å². The molecule has 4 heteroatoms. The number of hydrogen-bond acceptors (Lipinski definition) is 3. The molecule has 0 saturated heterocycles. The van der Waals surface area contributed by atoms with Crippen molar-refractivity contribution in [2.24, 2.45) is 4.99 Å². The van der Waals surface area contributed by atoms with Gasteiger partial charge in [-0.25, -0.2) is 0 Å². The number of rotatable bonds is 1. The molecule has 0 fully saturated rings. The van der Waals surface area contributed by atoms with E-state index in [4.69, 9.17) is 9.73 Å². The summed E-state index contributed by atoms with van der Waals surface area (Å²) in [5.74, 6) is 0.901. The molecule has 0 bridgehead atoms. The Morgan fingerprint density at radius 3 is 2.64 bits per heavy atom. The number of aliphatic hydroxyl groups is 1. The lowest BCUT2D eigenvalue weighted by molar-refractivity contribution is 0.103. The molecular weight excluding hydrogens is 378 g/mol. The van der Waals surface area contributed by atoms with E-state index in [0.717, 1.165) is 44.6 Å². The van der Waals surface area contributed by atoms with Crippen molar-refractivity contribution in [2.45, 2.75) is 51.4 Å². The van der Waals surface area contributed by atoms with E-state index < -0.39 is 11.6 Å². The molecule has 0 radical (unpaired) electrons. The van der Waals surface area contributed by atoms with E-state index in [-0.39, 0.29) is 5.60 Å². The predicted octanol–water partition coefficient (Wildman–Crippen LogP) is 4.83. The zero-order valence-corrected chi connectivity index (χ0v) is 16.5. The minimum atomic E-state index is -0.632. The summed E-state index contributed by atoms with van der Waals surface area (Å²) in [5.41, 5.74) is 4.29.